The van der Waals surface area contributed by atoms with Crippen LogP contribution in [0.4, 0.5) is 0 Å². The minimum atomic E-state index is 1.22. The molecule has 0 saturated carbocycles. The molecule has 0 bridgehead atoms. The number of hydrogen-bond acceptors (Lipinski definition) is 0. The van der Waals surface area contributed by atoms with Crippen LogP contribution in [0, 0.1) is 0 Å². The van der Waals surface area contributed by atoms with Gasteiger partial charge in [-0.05, 0) is 48.9 Å². The first-order valence-electron chi connectivity index (χ1n) is 20.3. The first-order valence-corrected chi connectivity index (χ1v) is 20.3. The summed E-state index contributed by atoms with van der Waals surface area (Å²) in [5, 5.41) is 2.77. The first kappa shape index (κ1) is 37.7. The van der Waals surface area contributed by atoms with Gasteiger partial charge in [0.25, 0.3) is 0 Å². The molecular weight excluding hydrogens is 542 g/mol. The van der Waals surface area contributed by atoms with Crippen molar-refractivity contribution in [2.45, 2.75) is 206 Å². The van der Waals surface area contributed by atoms with Gasteiger partial charge in [-0.25, -0.2) is 0 Å². The van der Waals surface area contributed by atoms with E-state index in [1.54, 1.807) is 0 Å². The summed E-state index contributed by atoms with van der Waals surface area (Å²) in [6, 6.07) is 14.3. The lowest BCUT2D eigenvalue weighted by atomic mass is 10.0. The van der Waals surface area contributed by atoms with E-state index in [0.29, 0.717) is 0 Å². The van der Waals surface area contributed by atoms with Crippen molar-refractivity contribution in [1.29, 1.82) is 0 Å². The highest BCUT2D eigenvalue weighted by atomic mass is 14.7. The molecule has 2 aromatic carbocycles. The van der Waals surface area contributed by atoms with E-state index < -0.39 is 0 Å². The van der Waals surface area contributed by atoms with Crippen LogP contribution >= 0.6 is 0 Å². The molecule has 45 heavy (non-hydrogen) atoms. The van der Waals surface area contributed by atoms with Crippen LogP contribution < -0.4 is 0 Å². The first-order chi connectivity index (χ1) is 22.3. The molecule has 0 amide bonds. The van der Waals surface area contributed by atoms with Gasteiger partial charge in [0.1, 0.15) is 0 Å². The molecule has 0 fully saturated rings. The maximum absolute atomic E-state index is 3.76. The number of aromatic nitrogens is 1. The zero-order valence-corrected chi connectivity index (χ0v) is 30.2. The number of fused-ring (bicyclic) bond motifs is 3. The Bertz CT molecular complexity index is 1020. The maximum atomic E-state index is 3.76. The van der Waals surface area contributed by atoms with Crippen molar-refractivity contribution < 1.29 is 0 Å². The van der Waals surface area contributed by atoms with E-state index in [-0.39, 0.29) is 0 Å². The molecule has 0 radical (unpaired) electrons. The quantitative estimate of drug-likeness (QED) is 0.0718. The number of aromatic amines is 1. The lowest BCUT2D eigenvalue weighted by Crippen LogP contribution is -1.87. The molecular formula is C44H73N. The predicted molar refractivity (Wildman–Crippen MR) is 204 cm³/mol. The molecule has 3 rings (SSSR count). The fourth-order valence-corrected chi connectivity index (χ4v) is 7.36. The summed E-state index contributed by atoms with van der Waals surface area (Å²) in [6.07, 6.45) is 42.4. The van der Waals surface area contributed by atoms with Crippen LogP contribution in [0.1, 0.15) is 205 Å². The van der Waals surface area contributed by atoms with Crippen LogP contribution in [0.5, 0.6) is 0 Å². The Hall–Kier alpha value is -1.76. The van der Waals surface area contributed by atoms with Crippen molar-refractivity contribution in [3.05, 3.63) is 47.5 Å². The minimum Gasteiger partial charge on any atom is -0.354 e. The Kier molecular flexibility index (Phi) is 21.2. The largest absolute Gasteiger partial charge is 0.354 e. The molecule has 0 aliphatic heterocycles. The molecule has 0 unspecified atom stereocenters. The van der Waals surface area contributed by atoms with E-state index in [1.807, 2.05) is 0 Å². The monoisotopic (exact) mass is 616 g/mol. The zero-order valence-electron chi connectivity index (χ0n) is 30.2. The van der Waals surface area contributed by atoms with E-state index in [1.165, 1.54) is 226 Å². The standard InChI is InChI=1S/C44H73N/c1-3-5-7-9-11-13-15-17-19-21-23-25-27-29-31-39-33-35-41-42-36-34-40(38-44(42)45-43(41)37-39)32-30-28-26-24-22-20-18-16-14-12-10-8-6-4-2/h33-38,45H,3-32H2,1-2H3. The highest BCUT2D eigenvalue weighted by Gasteiger charge is 2.07. The molecule has 3 aromatic rings. The van der Waals surface area contributed by atoms with Gasteiger partial charge in [-0.15, -0.1) is 0 Å². The number of rotatable bonds is 30. The summed E-state index contributed by atoms with van der Waals surface area (Å²) in [6.45, 7) is 4.61. The lowest BCUT2D eigenvalue weighted by Gasteiger charge is -2.04. The van der Waals surface area contributed by atoms with Gasteiger partial charge in [-0.1, -0.05) is 205 Å². The average molecular weight is 616 g/mol. The summed E-state index contributed by atoms with van der Waals surface area (Å²) >= 11 is 0. The van der Waals surface area contributed by atoms with E-state index in [4.69, 9.17) is 0 Å². The van der Waals surface area contributed by atoms with Gasteiger partial charge in [0.2, 0.25) is 0 Å². The van der Waals surface area contributed by atoms with E-state index in [2.05, 4.69) is 55.2 Å². The Morgan fingerprint density at radius 1 is 0.333 bits per heavy atom. The number of benzene rings is 2. The number of hydrogen-bond donors (Lipinski definition) is 1. The summed E-state index contributed by atoms with van der Waals surface area (Å²) in [5.41, 5.74) is 5.63. The molecule has 0 aliphatic carbocycles. The number of H-pyrrole nitrogens is 1. The highest BCUT2D eigenvalue weighted by molar-refractivity contribution is 6.07. The molecule has 1 nitrogen and oxygen atoms in total. The molecule has 0 atom stereocenters. The Morgan fingerprint density at radius 3 is 0.889 bits per heavy atom. The third-order valence-electron chi connectivity index (χ3n) is 10.4. The third-order valence-corrected chi connectivity index (χ3v) is 10.4. The second kappa shape index (κ2) is 25.3. The Labute approximate surface area is 280 Å². The molecule has 1 heterocycles. The number of aryl methyl sites for hydroxylation is 2. The molecule has 0 spiro atoms. The molecule has 254 valence electrons. The Balaban J connectivity index is 1.22. The molecule has 0 aliphatic rings. The predicted octanol–water partition coefficient (Wildman–Crippen LogP) is 15.4. The van der Waals surface area contributed by atoms with Gasteiger partial charge < -0.3 is 4.98 Å². The van der Waals surface area contributed by atoms with Gasteiger partial charge in [0.15, 0.2) is 0 Å². The second-order valence-corrected chi connectivity index (χ2v) is 14.6. The van der Waals surface area contributed by atoms with E-state index >= 15 is 0 Å². The van der Waals surface area contributed by atoms with Crippen LogP contribution in [-0.2, 0) is 12.8 Å². The SMILES string of the molecule is CCCCCCCCCCCCCCCCc1ccc2c(c1)[nH]c1cc(CCCCCCCCCCCCCCCC)ccc12. The van der Waals surface area contributed by atoms with Gasteiger partial charge in [-0.3, -0.25) is 0 Å². The van der Waals surface area contributed by atoms with Crippen LogP contribution in [-0.4, -0.2) is 4.98 Å². The second-order valence-electron chi connectivity index (χ2n) is 14.6. The van der Waals surface area contributed by atoms with Crippen LogP contribution in [0.15, 0.2) is 36.4 Å². The number of nitrogens with one attached hydrogen (secondary N) is 1. The smallest absolute Gasteiger partial charge is 0.0467 e. The van der Waals surface area contributed by atoms with Crippen molar-refractivity contribution in [2.75, 3.05) is 0 Å². The van der Waals surface area contributed by atoms with Gasteiger partial charge in [0.05, 0.1) is 0 Å². The summed E-state index contributed by atoms with van der Waals surface area (Å²) < 4.78 is 0. The summed E-state index contributed by atoms with van der Waals surface area (Å²) in [7, 11) is 0. The number of unbranched alkanes of at least 4 members (excludes halogenated alkanes) is 26. The third kappa shape index (κ3) is 16.6. The lowest BCUT2D eigenvalue weighted by molar-refractivity contribution is 0.535. The van der Waals surface area contributed by atoms with Crippen molar-refractivity contribution >= 4 is 21.8 Å². The fraction of sp³-hybridized carbons (Fsp3) is 0.727. The van der Waals surface area contributed by atoms with Crippen LogP contribution in [0.25, 0.3) is 21.8 Å². The summed E-state index contributed by atoms with van der Waals surface area (Å²) in [4.78, 5) is 3.76. The van der Waals surface area contributed by atoms with Gasteiger partial charge >= 0.3 is 0 Å². The molecule has 1 heteroatoms. The van der Waals surface area contributed by atoms with E-state index in [9.17, 15) is 0 Å². The van der Waals surface area contributed by atoms with Crippen molar-refractivity contribution in [1.82, 2.24) is 4.98 Å². The van der Waals surface area contributed by atoms with Crippen LogP contribution in [0.2, 0.25) is 0 Å². The van der Waals surface area contributed by atoms with Crippen molar-refractivity contribution in [3.63, 3.8) is 0 Å². The molecule has 0 saturated heterocycles. The normalized spacial score (nSPS) is 11.8. The summed E-state index contributed by atoms with van der Waals surface area (Å²) in [5.74, 6) is 0. The van der Waals surface area contributed by atoms with Crippen molar-refractivity contribution in [3.8, 4) is 0 Å². The van der Waals surface area contributed by atoms with Gasteiger partial charge in [-0.2, -0.15) is 0 Å². The Morgan fingerprint density at radius 2 is 0.600 bits per heavy atom. The maximum Gasteiger partial charge on any atom is 0.0467 e. The van der Waals surface area contributed by atoms with Crippen LogP contribution in [0.3, 0.4) is 0 Å². The van der Waals surface area contributed by atoms with Gasteiger partial charge in [0, 0.05) is 21.8 Å². The molecule has 1 N–H and O–H groups in total. The van der Waals surface area contributed by atoms with Crippen molar-refractivity contribution in [2.24, 2.45) is 0 Å². The zero-order chi connectivity index (χ0) is 31.6. The fourth-order valence-electron chi connectivity index (χ4n) is 7.36. The average Bonchev–Trinajstić information content (AvgIpc) is 3.42. The topological polar surface area (TPSA) is 15.8 Å². The molecule has 1 aromatic heterocycles. The highest BCUT2D eigenvalue weighted by Crippen LogP contribution is 2.28. The minimum absolute atomic E-state index is 1.22. The van der Waals surface area contributed by atoms with E-state index in [0.717, 1.165) is 0 Å².